The third-order valence-corrected chi connectivity index (χ3v) is 2.79. The molecule has 1 fully saturated rings. The maximum absolute atomic E-state index is 11.3. The predicted molar refractivity (Wildman–Crippen MR) is 66.7 cm³/mol. The number of aromatic carboxylic acids is 1. The van der Waals surface area contributed by atoms with Crippen molar-refractivity contribution in [2.45, 2.75) is 25.3 Å². The first-order chi connectivity index (χ1) is 8.65. The zero-order valence-electron chi connectivity index (χ0n) is 9.98. The Kier molecular flexibility index (Phi) is 3.82. The molecule has 0 aromatic heterocycles. The van der Waals surface area contributed by atoms with Gasteiger partial charge in [0.1, 0.15) is 0 Å². The van der Waals surface area contributed by atoms with Gasteiger partial charge in [0.15, 0.2) is 0 Å². The van der Waals surface area contributed by atoms with Crippen LogP contribution < -0.4 is 10.6 Å². The number of hydrogen-bond donors (Lipinski definition) is 3. The Morgan fingerprint density at radius 1 is 1.33 bits per heavy atom. The van der Waals surface area contributed by atoms with Crippen molar-refractivity contribution in [3.8, 4) is 0 Å². The summed E-state index contributed by atoms with van der Waals surface area (Å²) in [7, 11) is 0. The highest BCUT2D eigenvalue weighted by Gasteiger charge is 2.22. The van der Waals surface area contributed by atoms with Gasteiger partial charge in [0.25, 0.3) is 0 Å². The van der Waals surface area contributed by atoms with E-state index in [0.29, 0.717) is 19.0 Å². The van der Waals surface area contributed by atoms with Crippen molar-refractivity contribution in [2.24, 2.45) is 0 Å². The Hall–Kier alpha value is -2.04. The largest absolute Gasteiger partial charge is 0.478 e. The summed E-state index contributed by atoms with van der Waals surface area (Å²) in [5, 5.41) is 14.4. The number of urea groups is 1. The molecule has 0 heterocycles. The van der Waals surface area contributed by atoms with E-state index < -0.39 is 5.97 Å². The van der Waals surface area contributed by atoms with Crippen molar-refractivity contribution in [1.29, 1.82) is 0 Å². The minimum absolute atomic E-state index is 0.146. The van der Waals surface area contributed by atoms with Gasteiger partial charge in [0, 0.05) is 12.6 Å². The Bertz CT molecular complexity index is 455. The van der Waals surface area contributed by atoms with Gasteiger partial charge < -0.3 is 15.7 Å². The third kappa shape index (κ3) is 3.76. The number of nitrogens with one attached hydrogen (secondary N) is 2. The van der Waals surface area contributed by atoms with E-state index in [9.17, 15) is 9.59 Å². The van der Waals surface area contributed by atoms with Gasteiger partial charge in [-0.2, -0.15) is 0 Å². The summed E-state index contributed by atoms with van der Waals surface area (Å²) in [5.41, 5.74) is 1.18. The fraction of sp³-hybridized carbons (Fsp3) is 0.385. The van der Waals surface area contributed by atoms with Crippen LogP contribution in [0.3, 0.4) is 0 Å². The van der Waals surface area contributed by atoms with Crippen LogP contribution in [0.2, 0.25) is 0 Å². The number of amides is 2. The second-order valence-electron chi connectivity index (χ2n) is 4.43. The first-order valence-electron chi connectivity index (χ1n) is 6.02. The molecule has 0 spiro atoms. The van der Waals surface area contributed by atoms with Crippen LogP contribution in [0.4, 0.5) is 4.79 Å². The normalized spacial score (nSPS) is 14.0. The van der Waals surface area contributed by atoms with E-state index >= 15 is 0 Å². The molecule has 96 valence electrons. The summed E-state index contributed by atoms with van der Waals surface area (Å²) in [5.74, 6) is -0.934. The molecule has 18 heavy (non-hydrogen) atoms. The summed E-state index contributed by atoms with van der Waals surface area (Å²) < 4.78 is 0. The van der Waals surface area contributed by atoms with E-state index in [2.05, 4.69) is 10.6 Å². The van der Waals surface area contributed by atoms with Gasteiger partial charge in [0.05, 0.1) is 5.56 Å². The van der Waals surface area contributed by atoms with Gasteiger partial charge in [-0.15, -0.1) is 0 Å². The third-order valence-electron chi connectivity index (χ3n) is 2.79. The van der Waals surface area contributed by atoms with Crippen molar-refractivity contribution < 1.29 is 14.7 Å². The summed E-state index contributed by atoms with van der Waals surface area (Å²) in [6.07, 6.45) is 2.75. The first-order valence-corrected chi connectivity index (χ1v) is 6.02. The second kappa shape index (κ2) is 5.53. The van der Waals surface area contributed by atoms with E-state index in [-0.39, 0.29) is 11.6 Å². The number of carboxylic acids is 1. The number of carbonyl (C=O) groups excluding carboxylic acids is 1. The standard InChI is InChI=1S/C13H16N2O3/c16-12(17)10-3-1-2-9(8-10)6-7-14-13(18)15-11-4-5-11/h1-3,8,11H,4-7H2,(H,16,17)(H2,14,15,18). The Balaban J connectivity index is 1.76. The lowest BCUT2D eigenvalue weighted by Gasteiger charge is -2.06. The lowest BCUT2D eigenvalue weighted by molar-refractivity contribution is 0.0696. The van der Waals surface area contributed by atoms with Crippen LogP contribution >= 0.6 is 0 Å². The van der Waals surface area contributed by atoms with Gasteiger partial charge >= 0.3 is 12.0 Å². The molecule has 5 nitrogen and oxygen atoms in total. The number of carbonyl (C=O) groups is 2. The van der Waals surface area contributed by atoms with Crippen LogP contribution in [0.1, 0.15) is 28.8 Å². The maximum Gasteiger partial charge on any atom is 0.335 e. The molecule has 1 aromatic carbocycles. The van der Waals surface area contributed by atoms with Crippen molar-refractivity contribution in [1.82, 2.24) is 10.6 Å². The highest BCUT2D eigenvalue weighted by Crippen LogP contribution is 2.18. The van der Waals surface area contributed by atoms with Crippen molar-refractivity contribution in [3.05, 3.63) is 35.4 Å². The molecule has 0 bridgehead atoms. The minimum atomic E-state index is -0.934. The van der Waals surface area contributed by atoms with Crippen LogP contribution in [0.25, 0.3) is 0 Å². The van der Waals surface area contributed by atoms with Crippen molar-refractivity contribution >= 4 is 12.0 Å². The molecule has 0 unspecified atom stereocenters. The Labute approximate surface area is 105 Å². The average molecular weight is 248 g/mol. The summed E-state index contributed by atoms with van der Waals surface area (Å²) >= 11 is 0. The quantitative estimate of drug-likeness (QED) is 0.736. The topological polar surface area (TPSA) is 78.4 Å². The molecule has 1 aromatic rings. The molecule has 3 N–H and O–H groups in total. The van der Waals surface area contributed by atoms with Gasteiger partial charge in [-0.25, -0.2) is 9.59 Å². The minimum Gasteiger partial charge on any atom is -0.478 e. The molecule has 2 amide bonds. The lowest BCUT2D eigenvalue weighted by Crippen LogP contribution is -2.37. The molecular formula is C13H16N2O3. The monoisotopic (exact) mass is 248 g/mol. The predicted octanol–water partition coefficient (Wildman–Crippen LogP) is 1.39. The van der Waals surface area contributed by atoms with E-state index in [1.165, 1.54) is 0 Å². The smallest absolute Gasteiger partial charge is 0.335 e. The van der Waals surface area contributed by atoms with Crippen LogP contribution in [-0.4, -0.2) is 29.7 Å². The first kappa shape index (κ1) is 12.4. The Morgan fingerprint density at radius 2 is 2.11 bits per heavy atom. The summed E-state index contributed by atoms with van der Waals surface area (Å²) in [4.78, 5) is 22.1. The molecule has 0 radical (unpaired) electrons. The zero-order chi connectivity index (χ0) is 13.0. The van der Waals surface area contributed by atoms with E-state index in [4.69, 9.17) is 5.11 Å². The van der Waals surface area contributed by atoms with E-state index in [1.807, 2.05) is 6.07 Å². The van der Waals surface area contributed by atoms with Gasteiger partial charge in [-0.05, 0) is 37.0 Å². The van der Waals surface area contributed by atoms with Gasteiger partial charge in [0.2, 0.25) is 0 Å². The van der Waals surface area contributed by atoms with Crippen molar-refractivity contribution in [2.75, 3.05) is 6.54 Å². The highest BCUT2D eigenvalue weighted by atomic mass is 16.4. The van der Waals surface area contributed by atoms with E-state index in [0.717, 1.165) is 18.4 Å². The van der Waals surface area contributed by atoms with Crippen LogP contribution in [-0.2, 0) is 6.42 Å². The fourth-order valence-corrected chi connectivity index (χ4v) is 1.64. The van der Waals surface area contributed by atoms with Crippen LogP contribution in [0.5, 0.6) is 0 Å². The zero-order valence-corrected chi connectivity index (χ0v) is 9.98. The molecule has 0 aliphatic heterocycles. The van der Waals surface area contributed by atoms with Crippen LogP contribution in [0, 0.1) is 0 Å². The Morgan fingerprint density at radius 3 is 2.78 bits per heavy atom. The SMILES string of the molecule is O=C(NCCc1cccc(C(=O)O)c1)NC1CC1. The average Bonchev–Trinajstić information content (AvgIpc) is 3.13. The van der Waals surface area contributed by atoms with Crippen LogP contribution in [0.15, 0.2) is 24.3 Å². The van der Waals surface area contributed by atoms with E-state index in [1.54, 1.807) is 18.2 Å². The maximum atomic E-state index is 11.3. The van der Waals surface area contributed by atoms with Crippen molar-refractivity contribution in [3.63, 3.8) is 0 Å². The summed E-state index contributed by atoms with van der Waals surface area (Å²) in [6, 6.07) is 6.95. The molecular weight excluding hydrogens is 232 g/mol. The van der Waals surface area contributed by atoms with Gasteiger partial charge in [-0.3, -0.25) is 0 Å². The molecule has 0 saturated heterocycles. The highest BCUT2D eigenvalue weighted by molar-refractivity contribution is 5.87. The molecule has 1 aliphatic carbocycles. The molecule has 5 heteroatoms. The number of benzene rings is 1. The second-order valence-corrected chi connectivity index (χ2v) is 4.43. The summed E-state index contributed by atoms with van der Waals surface area (Å²) in [6.45, 7) is 0.502. The number of hydrogen-bond acceptors (Lipinski definition) is 2. The number of rotatable bonds is 5. The lowest BCUT2D eigenvalue weighted by atomic mass is 10.1. The molecule has 0 atom stereocenters. The molecule has 2 rings (SSSR count). The van der Waals surface area contributed by atoms with Gasteiger partial charge in [-0.1, -0.05) is 12.1 Å². The number of carboxylic acid groups (broad SMARTS) is 1. The fourth-order valence-electron chi connectivity index (χ4n) is 1.64. The molecule has 1 aliphatic rings. The molecule has 1 saturated carbocycles.